The van der Waals surface area contributed by atoms with E-state index in [1.165, 1.54) is 0 Å². The molecule has 1 N–H and O–H groups in total. The molecule has 1 aromatic carbocycles. The molecule has 0 unspecified atom stereocenters. The van der Waals surface area contributed by atoms with Crippen molar-refractivity contribution >= 4 is 29.3 Å². The summed E-state index contributed by atoms with van der Waals surface area (Å²) in [5, 5.41) is 2.98. The van der Waals surface area contributed by atoms with E-state index in [-0.39, 0.29) is 12.8 Å². The molecule has 1 fully saturated rings. The molecule has 0 saturated carbocycles. The zero-order valence-corrected chi connectivity index (χ0v) is 12.3. The fourth-order valence-corrected chi connectivity index (χ4v) is 1.87. The number of carbonyl (C=O) groups is 3. The van der Waals surface area contributed by atoms with Gasteiger partial charge in [0.1, 0.15) is 5.69 Å². The average Bonchev–Trinajstić information content (AvgIpc) is 2.70. The van der Waals surface area contributed by atoms with E-state index < -0.39 is 17.9 Å². The number of hydroxylamine groups is 2. The van der Waals surface area contributed by atoms with E-state index in [2.05, 4.69) is 5.32 Å². The van der Waals surface area contributed by atoms with Gasteiger partial charge >= 0.3 is 6.09 Å². The van der Waals surface area contributed by atoms with E-state index in [1.807, 2.05) is 33.3 Å². The first-order valence-electron chi connectivity index (χ1n) is 6.54. The molecule has 0 bridgehead atoms. The van der Waals surface area contributed by atoms with E-state index in [4.69, 9.17) is 4.84 Å². The van der Waals surface area contributed by atoms with Crippen molar-refractivity contribution in [3.63, 3.8) is 0 Å². The molecular formula is C14H18N3O4+. The first-order chi connectivity index (χ1) is 9.77. The molecule has 1 saturated heterocycles. The van der Waals surface area contributed by atoms with Gasteiger partial charge in [0.15, 0.2) is 0 Å². The van der Waals surface area contributed by atoms with Crippen LogP contribution in [0, 0.1) is 0 Å². The predicted octanol–water partition coefficient (Wildman–Crippen LogP) is 1.50. The van der Waals surface area contributed by atoms with Gasteiger partial charge in [-0.3, -0.25) is 19.4 Å². The predicted molar refractivity (Wildman–Crippen MR) is 77.2 cm³/mol. The first-order valence-corrected chi connectivity index (χ1v) is 6.54. The van der Waals surface area contributed by atoms with Crippen molar-refractivity contribution in [3.05, 3.63) is 24.3 Å². The minimum absolute atomic E-state index is 0.0737. The number of anilines is 1. The highest BCUT2D eigenvalue weighted by atomic mass is 16.7. The fourth-order valence-electron chi connectivity index (χ4n) is 1.87. The third kappa shape index (κ3) is 3.57. The minimum Gasteiger partial charge on any atom is -0.311 e. The van der Waals surface area contributed by atoms with Gasteiger partial charge in [0, 0.05) is 30.7 Å². The number of hydrogen-bond acceptors (Lipinski definition) is 4. The van der Waals surface area contributed by atoms with Crippen LogP contribution in [0.2, 0.25) is 0 Å². The van der Waals surface area contributed by atoms with Crippen molar-refractivity contribution in [2.75, 3.05) is 26.5 Å². The van der Waals surface area contributed by atoms with Crippen molar-refractivity contribution in [3.8, 4) is 0 Å². The van der Waals surface area contributed by atoms with Gasteiger partial charge in [-0.2, -0.15) is 0 Å². The normalized spacial score (nSPS) is 15.3. The Balaban J connectivity index is 1.97. The van der Waals surface area contributed by atoms with Gasteiger partial charge in [-0.1, -0.05) is 0 Å². The molecule has 0 radical (unpaired) electrons. The first kappa shape index (κ1) is 15.0. The Morgan fingerprint density at radius 2 is 1.62 bits per heavy atom. The van der Waals surface area contributed by atoms with Crippen molar-refractivity contribution in [1.29, 1.82) is 0 Å². The lowest BCUT2D eigenvalue weighted by Crippen LogP contribution is -2.35. The van der Waals surface area contributed by atoms with Crippen molar-refractivity contribution in [2.45, 2.75) is 12.8 Å². The number of quaternary nitrogens is 1. The number of rotatable bonds is 3. The van der Waals surface area contributed by atoms with Crippen molar-refractivity contribution < 1.29 is 19.2 Å². The molecule has 7 nitrogen and oxygen atoms in total. The zero-order valence-electron chi connectivity index (χ0n) is 12.3. The quantitative estimate of drug-likeness (QED) is 0.676. The molecule has 0 aliphatic carbocycles. The van der Waals surface area contributed by atoms with E-state index in [9.17, 15) is 14.4 Å². The maximum absolute atomic E-state index is 11.7. The van der Waals surface area contributed by atoms with Crippen LogP contribution in [0.3, 0.4) is 0 Å². The van der Waals surface area contributed by atoms with Crippen LogP contribution in [0.5, 0.6) is 0 Å². The van der Waals surface area contributed by atoms with E-state index in [0.717, 1.165) is 5.69 Å². The lowest BCUT2D eigenvalue weighted by atomic mass is 10.2. The zero-order chi connectivity index (χ0) is 15.6. The summed E-state index contributed by atoms with van der Waals surface area (Å²) >= 11 is 0. The smallest absolute Gasteiger partial charge is 0.311 e. The number of hydrogen-bond donors (Lipinski definition) is 1. The molecular weight excluding hydrogens is 274 g/mol. The highest BCUT2D eigenvalue weighted by Gasteiger charge is 2.32. The van der Waals surface area contributed by atoms with E-state index in [1.54, 1.807) is 12.1 Å². The van der Waals surface area contributed by atoms with Crippen molar-refractivity contribution in [2.24, 2.45) is 0 Å². The standard InChI is InChI=1S/C14H17N3O4/c1-17(2,3)11-6-4-10(5-7-11)15-14(20)21-16-12(18)8-9-13(16)19/h4-7H,8-9H2,1-3H3/p+1. The summed E-state index contributed by atoms with van der Waals surface area (Å²) < 4.78 is 0.654. The third-order valence-electron chi connectivity index (χ3n) is 3.07. The van der Waals surface area contributed by atoms with Crippen molar-refractivity contribution in [1.82, 2.24) is 9.55 Å². The molecule has 0 aromatic heterocycles. The summed E-state index contributed by atoms with van der Waals surface area (Å²) in [6.07, 6.45) is -0.717. The van der Waals surface area contributed by atoms with Crippen LogP contribution in [0.4, 0.5) is 16.2 Å². The Morgan fingerprint density at radius 3 is 2.10 bits per heavy atom. The molecule has 1 aromatic rings. The summed E-state index contributed by atoms with van der Waals surface area (Å²) in [5.74, 6) is -1.01. The Morgan fingerprint density at radius 1 is 1.10 bits per heavy atom. The topological polar surface area (TPSA) is 75.7 Å². The van der Waals surface area contributed by atoms with Crippen LogP contribution in [0.15, 0.2) is 24.3 Å². The van der Waals surface area contributed by atoms with Gasteiger partial charge in [0.05, 0.1) is 21.1 Å². The second-order valence-electron chi connectivity index (χ2n) is 5.64. The molecule has 0 atom stereocenters. The SMILES string of the molecule is C[N+](C)(C)c1ccc(NC(=O)ON2C(=O)CCC2=O)cc1. The number of nitrogens with zero attached hydrogens (tertiary/aromatic N) is 2. The summed E-state index contributed by atoms with van der Waals surface area (Å²) in [4.78, 5) is 39.0. The molecule has 1 heterocycles. The number of carbonyl (C=O) groups excluding carboxylic acids is 3. The van der Waals surface area contributed by atoms with Gasteiger partial charge in [0.2, 0.25) is 0 Å². The second-order valence-corrected chi connectivity index (χ2v) is 5.64. The van der Waals surface area contributed by atoms with Crippen LogP contribution in [0.25, 0.3) is 0 Å². The maximum Gasteiger partial charge on any atom is 0.436 e. The number of nitrogens with one attached hydrogen (secondary N) is 1. The number of benzene rings is 1. The largest absolute Gasteiger partial charge is 0.436 e. The maximum atomic E-state index is 11.7. The van der Waals surface area contributed by atoms with Crippen LogP contribution >= 0.6 is 0 Å². The summed E-state index contributed by atoms with van der Waals surface area (Å²) in [5.41, 5.74) is 1.59. The van der Waals surface area contributed by atoms with Crippen LogP contribution in [-0.4, -0.2) is 44.1 Å². The van der Waals surface area contributed by atoms with Crippen LogP contribution in [0.1, 0.15) is 12.8 Å². The van der Waals surface area contributed by atoms with Gasteiger partial charge in [-0.25, -0.2) is 4.79 Å². The van der Waals surface area contributed by atoms with Gasteiger partial charge in [-0.05, 0) is 12.1 Å². The molecule has 7 heteroatoms. The second kappa shape index (κ2) is 5.53. The molecule has 112 valence electrons. The lowest BCUT2D eigenvalue weighted by Gasteiger charge is -2.23. The number of amides is 3. The fraction of sp³-hybridized carbons (Fsp3) is 0.357. The molecule has 0 spiro atoms. The average molecular weight is 292 g/mol. The minimum atomic E-state index is -0.864. The molecule has 21 heavy (non-hydrogen) atoms. The Kier molecular flexibility index (Phi) is 3.95. The summed E-state index contributed by atoms with van der Waals surface area (Å²) in [6, 6.07) is 7.21. The lowest BCUT2D eigenvalue weighted by molar-refractivity contribution is -0.170. The highest BCUT2D eigenvalue weighted by molar-refractivity contribution is 6.02. The van der Waals surface area contributed by atoms with Crippen LogP contribution < -0.4 is 9.80 Å². The molecule has 3 amide bonds. The summed E-state index contributed by atoms with van der Waals surface area (Å²) in [7, 11) is 6.09. The Labute approximate surface area is 122 Å². The van der Waals surface area contributed by atoms with Crippen LogP contribution in [-0.2, 0) is 14.4 Å². The highest BCUT2D eigenvalue weighted by Crippen LogP contribution is 2.20. The Hall–Kier alpha value is -2.41. The third-order valence-corrected chi connectivity index (χ3v) is 3.07. The summed E-state index contributed by atoms with van der Waals surface area (Å²) in [6.45, 7) is 0. The molecule has 1 aliphatic heterocycles. The van der Waals surface area contributed by atoms with Gasteiger partial charge in [0.25, 0.3) is 11.8 Å². The molecule has 1 aliphatic rings. The Bertz CT molecular complexity index is 559. The van der Waals surface area contributed by atoms with Gasteiger partial charge < -0.3 is 4.84 Å². The molecule has 2 rings (SSSR count). The van der Waals surface area contributed by atoms with Gasteiger partial charge in [-0.15, -0.1) is 5.06 Å². The number of imide groups is 1. The van der Waals surface area contributed by atoms with E-state index >= 15 is 0 Å². The monoisotopic (exact) mass is 292 g/mol. The van der Waals surface area contributed by atoms with E-state index in [0.29, 0.717) is 15.2 Å².